The van der Waals surface area contributed by atoms with E-state index in [1.807, 2.05) is 18.5 Å². The van der Waals surface area contributed by atoms with Crippen LogP contribution < -0.4 is 5.32 Å². The molecule has 6 heteroatoms. The zero-order valence-corrected chi connectivity index (χ0v) is 15.7. The molecule has 1 aliphatic carbocycles. The topological polar surface area (TPSA) is 58.3 Å². The van der Waals surface area contributed by atoms with E-state index in [0.717, 1.165) is 37.1 Å². The number of aromatic nitrogens is 3. The summed E-state index contributed by atoms with van der Waals surface area (Å²) < 4.78 is 2.01. The lowest BCUT2D eigenvalue weighted by molar-refractivity contribution is 0.457. The zero-order chi connectivity index (χ0) is 17.9. The van der Waals surface area contributed by atoms with E-state index in [-0.39, 0.29) is 0 Å². The van der Waals surface area contributed by atoms with Crippen LogP contribution in [0.3, 0.4) is 0 Å². The summed E-state index contributed by atoms with van der Waals surface area (Å²) in [4.78, 5) is 7.31. The van der Waals surface area contributed by atoms with E-state index >= 15 is 0 Å². The maximum Gasteiger partial charge on any atom is 0.194 e. The van der Waals surface area contributed by atoms with Gasteiger partial charge in [-0.05, 0) is 44.1 Å². The second kappa shape index (κ2) is 7.48. The van der Waals surface area contributed by atoms with Gasteiger partial charge in [0, 0.05) is 26.2 Å². The van der Waals surface area contributed by atoms with Gasteiger partial charge in [0.2, 0.25) is 0 Å². The number of rotatable bonds is 5. The van der Waals surface area contributed by atoms with Crippen LogP contribution in [0.15, 0.2) is 35.3 Å². The summed E-state index contributed by atoms with van der Waals surface area (Å²) in [6.07, 6.45) is 4.88. The Bertz CT molecular complexity index is 762. The molecule has 0 bridgehead atoms. The molecule has 1 atom stereocenters. The van der Waals surface area contributed by atoms with Crippen LogP contribution in [0.2, 0.25) is 0 Å². The first-order valence-corrected chi connectivity index (χ1v) is 9.64. The number of hydrogen-bond donors (Lipinski definition) is 1. The monoisotopic (exact) mass is 352 g/mol. The van der Waals surface area contributed by atoms with E-state index in [9.17, 15) is 0 Å². The Balaban J connectivity index is 1.41. The predicted octanol–water partition coefficient (Wildman–Crippen LogP) is 2.30. The fourth-order valence-electron chi connectivity index (χ4n) is 3.52. The predicted molar refractivity (Wildman–Crippen MR) is 103 cm³/mol. The molecule has 1 N–H and O–H groups in total. The molecule has 2 heterocycles. The Morgan fingerprint density at radius 3 is 2.69 bits per heavy atom. The molecule has 2 fully saturated rings. The minimum absolute atomic E-state index is 0.576. The Hall–Kier alpha value is -2.37. The molecule has 2 aromatic rings. The first-order valence-electron chi connectivity index (χ1n) is 9.64. The Kier molecular flexibility index (Phi) is 4.91. The highest BCUT2D eigenvalue weighted by Crippen LogP contribution is 2.23. The summed E-state index contributed by atoms with van der Waals surface area (Å²) in [6.45, 7) is 4.70. The van der Waals surface area contributed by atoms with Gasteiger partial charge in [-0.1, -0.05) is 30.3 Å². The highest BCUT2D eigenvalue weighted by atomic mass is 15.3. The van der Waals surface area contributed by atoms with Crippen LogP contribution in [0.4, 0.5) is 0 Å². The van der Waals surface area contributed by atoms with E-state index in [1.54, 1.807) is 0 Å². The maximum atomic E-state index is 4.88. The molecule has 4 rings (SSSR count). The highest BCUT2D eigenvalue weighted by molar-refractivity contribution is 5.80. The fraction of sp³-hybridized carbons (Fsp3) is 0.550. The van der Waals surface area contributed by atoms with E-state index in [0.29, 0.717) is 18.5 Å². The summed E-state index contributed by atoms with van der Waals surface area (Å²) >= 11 is 0. The zero-order valence-electron chi connectivity index (χ0n) is 15.7. The maximum absolute atomic E-state index is 4.88. The molecule has 2 aliphatic rings. The van der Waals surface area contributed by atoms with Crippen LogP contribution in [0.5, 0.6) is 0 Å². The Labute approximate surface area is 155 Å². The van der Waals surface area contributed by atoms with Gasteiger partial charge in [0.25, 0.3) is 0 Å². The Morgan fingerprint density at radius 2 is 2.00 bits per heavy atom. The minimum Gasteiger partial charge on any atom is -0.353 e. The minimum atomic E-state index is 0.576. The summed E-state index contributed by atoms with van der Waals surface area (Å²) in [6, 6.07) is 11.4. The van der Waals surface area contributed by atoms with Crippen LogP contribution in [0.1, 0.15) is 36.5 Å². The summed E-state index contributed by atoms with van der Waals surface area (Å²) in [7, 11) is 2.00. The number of guanidine groups is 1. The van der Waals surface area contributed by atoms with E-state index in [2.05, 4.69) is 50.7 Å². The van der Waals surface area contributed by atoms with Crippen molar-refractivity contribution in [2.45, 2.75) is 45.2 Å². The number of nitrogens with zero attached hydrogens (tertiary/aromatic N) is 5. The molecule has 6 nitrogen and oxygen atoms in total. The molecule has 1 aromatic heterocycles. The third-order valence-corrected chi connectivity index (χ3v) is 5.42. The summed E-state index contributed by atoms with van der Waals surface area (Å²) in [5.41, 5.74) is 1.43. The summed E-state index contributed by atoms with van der Waals surface area (Å²) in [5.74, 6) is 3.58. The van der Waals surface area contributed by atoms with Gasteiger partial charge in [0.1, 0.15) is 12.4 Å². The van der Waals surface area contributed by atoms with Crippen molar-refractivity contribution in [1.29, 1.82) is 0 Å². The average Bonchev–Trinajstić information content (AvgIpc) is 3.27. The number of aliphatic imine (C=N–C) groups is 1. The Morgan fingerprint density at radius 1 is 1.19 bits per heavy atom. The van der Waals surface area contributed by atoms with Crippen molar-refractivity contribution in [1.82, 2.24) is 25.0 Å². The molecule has 0 radical (unpaired) electrons. The van der Waals surface area contributed by atoms with Crippen molar-refractivity contribution in [3.8, 4) is 0 Å². The third-order valence-electron chi connectivity index (χ3n) is 5.42. The number of likely N-dealkylation sites (tertiary alicyclic amines) is 1. The van der Waals surface area contributed by atoms with E-state index in [4.69, 9.17) is 4.99 Å². The first-order chi connectivity index (χ1) is 12.7. The van der Waals surface area contributed by atoms with Crippen LogP contribution in [-0.4, -0.2) is 44.8 Å². The third kappa shape index (κ3) is 4.06. The molecule has 1 unspecified atom stereocenters. The standard InChI is InChI=1S/C20H28N6/c1-15-23-24-19(25(15)2)13-21-20(22-18-8-9-18)26-11-10-17(14-26)12-16-6-4-3-5-7-16/h3-7,17-18H,8-14H2,1-2H3,(H,21,22). The van der Waals surface area contributed by atoms with Gasteiger partial charge in [-0.2, -0.15) is 0 Å². The van der Waals surface area contributed by atoms with Crippen molar-refractivity contribution in [3.05, 3.63) is 47.5 Å². The first kappa shape index (κ1) is 17.1. The SMILES string of the molecule is Cc1nnc(CN=C(NC2CC2)N2CCC(Cc3ccccc3)C2)n1C. The molecule has 138 valence electrons. The van der Waals surface area contributed by atoms with Crippen molar-refractivity contribution in [2.75, 3.05) is 13.1 Å². The lowest BCUT2D eigenvalue weighted by Gasteiger charge is -2.22. The van der Waals surface area contributed by atoms with Gasteiger partial charge in [0.15, 0.2) is 11.8 Å². The van der Waals surface area contributed by atoms with Crippen molar-refractivity contribution >= 4 is 5.96 Å². The second-order valence-electron chi connectivity index (χ2n) is 7.57. The number of benzene rings is 1. The molecule has 26 heavy (non-hydrogen) atoms. The van der Waals surface area contributed by atoms with Gasteiger partial charge in [0.05, 0.1) is 0 Å². The van der Waals surface area contributed by atoms with Gasteiger partial charge in [-0.3, -0.25) is 0 Å². The molecule has 1 saturated heterocycles. The van der Waals surface area contributed by atoms with Crippen molar-refractivity contribution in [3.63, 3.8) is 0 Å². The van der Waals surface area contributed by atoms with Crippen LogP contribution >= 0.6 is 0 Å². The van der Waals surface area contributed by atoms with Crippen LogP contribution in [-0.2, 0) is 20.0 Å². The van der Waals surface area contributed by atoms with Gasteiger partial charge in [-0.15, -0.1) is 10.2 Å². The molecular formula is C20H28N6. The summed E-state index contributed by atoms with van der Waals surface area (Å²) in [5, 5.41) is 12.0. The van der Waals surface area contributed by atoms with Crippen molar-refractivity contribution < 1.29 is 0 Å². The van der Waals surface area contributed by atoms with Gasteiger partial charge in [-0.25, -0.2) is 4.99 Å². The van der Waals surface area contributed by atoms with Crippen molar-refractivity contribution in [2.24, 2.45) is 18.0 Å². The molecule has 1 aromatic carbocycles. The van der Waals surface area contributed by atoms with E-state index in [1.165, 1.54) is 24.8 Å². The second-order valence-corrected chi connectivity index (χ2v) is 7.57. The quantitative estimate of drug-likeness (QED) is 0.663. The normalized spacial score (nSPS) is 20.6. The van der Waals surface area contributed by atoms with Gasteiger partial charge >= 0.3 is 0 Å². The molecule has 1 saturated carbocycles. The molecule has 1 aliphatic heterocycles. The van der Waals surface area contributed by atoms with Crippen LogP contribution in [0.25, 0.3) is 0 Å². The lowest BCUT2D eigenvalue weighted by atomic mass is 9.99. The van der Waals surface area contributed by atoms with E-state index < -0.39 is 0 Å². The lowest BCUT2D eigenvalue weighted by Crippen LogP contribution is -2.41. The number of aryl methyl sites for hydroxylation is 1. The number of hydrogen-bond acceptors (Lipinski definition) is 3. The molecule has 0 spiro atoms. The van der Waals surface area contributed by atoms with Gasteiger partial charge < -0.3 is 14.8 Å². The largest absolute Gasteiger partial charge is 0.353 e. The molecule has 0 amide bonds. The highest BCUT2D eigenvalue weighted by Gasteiger charge is 2.29. The molecular weight excluding hydrogens is 324 g/mol. The number of nitrogens with one attached hydrogen (secondary N) is 1. The van der Waals surface area contributed by atoms with Crippen LogP contribution in [0, 0.1) is 12.8 Å². The average molecular weight is 352 g/mol. The fourth-order valence-corrected chi connectivity index (χ4v) is 3.52. The smallest absolute Gasteiger partial charge is 0.194 e.